The minimum absolute atomic E-state index is 0.0534. The summed E-state index contributed by atoms with van der Waals surface area (Å²) in [5.74, 6) is -0.762. The van der Waals surface area contributed by atoms with Crippen molar-refractivity contribution >= 4 is 27.8 Å². The summed E-state index contributed by atoms with van der Waals surface area (Å²) in [6.07, 6.45) is 7.72. The number of carbonyl (C=O) groups is 2. The van der Waals surface area contributed by atoms with E-state index in [0.717, 1.165) is 17.3 Å². The molecule has 98 valence electrons. The van der Waals surface area contributed by atoms with Crippen molar-refractivity contribution in [2.24, 2.45) is 5.92 Å². The van der Waals surface area contributed by atoms with E-state index in [9.17, 15) is 14.7 Å². The van der Waals surface area contributed by atoms with Gasteiger partial charge in [0.05, 0.1) is 0 Å². The van der Waals surface area contributed by atoms with Gasteiger partial charge in [0.2, 0.25) is 5.91 Å². The second-order valence-corrected chi connectivity index (χ2v) is 5.35. The van der Waals surface area contributed by atoms with E-state index in [1.807, 2.05) is 18.2 Å². The number of amides is 1. The number of hydrogen-bond donors (Lipinski definition) is 1. The third-order valence-electron chi connectivity index (χ3n) is 3.39. The van der Waals surface area contributed by atoms with Gasteiger partial charge >= 0.3 is 5.97 Å². The molecule has 0 aromatic heterocycles. The lowest BCUT2D eigenvalue weighted by Gasteiger charge is -2.27. The standard InChI is InChI=1S/C13H16BrNO3/c14-7-9-6-11(16)15(8-9)12(13(17)18)10-4-2-1-3-5-10/h1-2,5,9,12H,3-4,6-8H2,(H,17,18)/t9?,12-/m1/s1. The maximum absolute atomic E-state index is 11.9. The molecule has 0 radical (unpaired) electrons. The van der Waals surface area contributed by atoms with Crippen LogP contribution in [-0.4, -0.2) is 39.8 Å². The number of hydrogen-bond acceptors (Lipinski definition) is 2. The lowest BCUT2D eigenvalue weighted by Crippen LogP contribution is -2.43. The summed E-state index contributed by atoms with van der Waals surface area (Å²) in [6.45, 7) is 0.530. The van der Waals surface area contributed by atoms with Gasteiger partial charge in [-0.1, -0.05) is 34.2 Å². The van der Waals surface area contributed by atoms with E-state index in [4.69, 9.17) is 0 Å². The summed E-state index contributed by atoms with van der Waals surface area (Å²) in [6, 6.07) is -0.786. The van der Waals surface area contributed by atoms with Crippen LogP contribution in [0.1, 0.15) is 19.3 Å². The molecule has 1 saturated heterocycles. The number of rotatable bonds is 4. The highest BCUT2D eigenvalue weighted by Gasteiger charge is 2.38. The van der Waals surface area contributed by atoms with E-state index in [1.54, 1.807) is 0 Å². The fraction of sp³-hybridized carbons (Fsp3) is 0.538. The molecule has 2 atom stereocenters. The molecule has 4 nitrogen and oxygen atoms in total. The van der Waals surface area contributed by atoms with Gasteiger partial charge in [0.1, 0.15) is 0 Å². The number of nitrogens with zero attached hydrogens (tertiary/aromatic N) is 1. The third kappa shape index (κ3) is 2.66. The fourth-order valence-electron chi connectivity index (χ4n) is 2.50. The van der Waals surface area contributed by atoms with Gasteiger partial charge in [-0.05, 0) is 24.3 Å². The predicted octanol–water partition coefficient (Wildman–Crippen LogP) is 1.96. The summed E-state index contributed by atoms with van der Waals surface area (Å²) in [4.78, 5) is 24.9. The molecule has 1 aliphatic carbocycles. The molecule has 0 spiro atoms. The minimum atomic E-state index is -0.930. The zero-order valence-corrected chi connectivity index (χ0v) is 11.6. The van der Waals surface area contributed by atoms with Crippen molar-refractivity contribution in [1.82, 2.24) is 4.90 Å². The number of halogens is 1. The van der Waals surface area contributed by atoms with Gasteiger partial charge in [0, 0.05) is 18.3 Å². The van der Waals surface area contributed by atoms with Crippen molar-refractivity contribution in [2.75, 3.05) is 11.9 Å². The summed E-state index contributed by atoms with van der Waals surface area (Å²) < 4.78 is 0. The zero-order valence-electron chi connectivity index (χ0n) is 10.0. The van der Waals surface area contributed by atoms with E-state index >= 15 is 0 Å². The highest BCUT2D eigenvalue weighted by molar-refractivity contribution is 9.09. The molecule has 1 fully saturated rings. The lowest BCUT2D eigenvalue weighted by atomic mass is 9.97. The quantitative estimate of drug-likeness (QED) is 0.637. The van der Waals surface area contributed by atoms with Crippen molar-refractivity contribution in [2.45, 2.75) is 25.3 Å². The molecule has 2 rings (SSSR count). The second-order valence-electron chi connectivity index (χ2n) is 4.70. The number of carbonyl (C=O) groups excluding carboxylic acids is 1. The smallest absolute Gasteiger partial charge is 0.330 e. The molecule has 0 aromatic carbocycles. The van der Waals surface area contributed by atoms with Crippen LogP contribution in [0.15, 0.2) is 23.8 Å². The van der Waals surface area contributed by atoms with Gasteiger partial charge in [-0.15, -0.1) is 0 Å². The lowest BCUT2D eigenvalue weighted by molar-refractivity contribution is -0.146. The van der Waals surface area contributed by atoms with Crippen molar-refractivity contribution < 1.29 is 14.7 Å². The molecular weight excluding hydrogens is 298 g/mol. The highest BCUT2D eigenvalue weighted by Crippen LogP contribution is 2.27. The van der Waals surface area contributed by atoms with Crippen LogP contribution in [0, 0.1) is 5.92 Å². The normalized spacial score (nSPS) is 25.2. The van der Waals surface area contributed by atoms with Gasteiger partial charge in [-0.25, -0.2) is 4.79 Å². The second kappa shape index (κ2) is 5.69. The molecule has 1 aliphatic heterocycles. The molecule has 1 heterocycles. The number of likely N-dealkylation sites (tertiary alicyclic amines) is 1. The predicted molar refractivity (Wildman–Crippen MR) is 71.5 cm³/mol. The molecule has 5 heteroatoms. The van der Waals surface area contributed by atoms with Crippen molar-refractivity contribution in [3.8, 4) is 0 Å². The van der Waals surface area contributed by atoms with Crippen molar-refractivity contribution in [1.29, 1.82) is 0 Å². The zero-order chi connectivity index (χ0) is 13.1. The van der Waals surface area contributed by atoms with E-state index < -0.39 is 12.0 Å². The Kier molecular flexibility index (Phi) is 4.22. The van der Waals surface area contributed by atoms with Crippen LogP contribution in [0.2, 0.25) is 0 Å². The molecule has 0 aromatic rings. The van der Waals surface area contributed by atoms with E-state index in [0.29, 0.717) is 19.4 Å². The Morgan fingerprint density at radius 3 is 2.83 bits per heavy atom. The summed E-state index contributed by atoms with van der Waals surface area (Å²) in [5, 5.41) is 10.1. The summed E-state index contributed by atoms with van der Waals surface area (Å²) in [7, 11) is 0. The fourth-order valence-corrected chi connectivity index (χ4v) is 2.93. The van der Waals surface area contributed by atoms with Gasteiger partial charge in [0.25, 0.3) is 0 Å². The molecule has 0 bridgehead atoms. The SMILES string of the molecule is O=C(O)[C@@H](C1=CCC=CC1)N1CC(CBr)CC1=O. The van der Waals surface area contributed by atoms with E-state index in [1.165, 1.54) is 4.90 Å². The average molecular weight is 314 g/mol. The van der Waals surface area contributed by atoms with Crippen LogP contribution in [0.5, 0.6) is 0 Å². The van der Waals surface area contributed by atoms with E-state index in [2.05, 4.69) is 15.9 Å². The van der Waals surface area contributed by atoms with Gasteiger partial charge in [-0.3, -0.25) is 4.79 Å². The molecule has 0 saturated carbocycles. The van der Waals surface area contributed by atoms with Crippen molar-refractivity contribution in [3.05, 3.63) is 23.8 Å². The van der Waals surface area contributed by atoms with Crippen LogP contribution in [-0.2, 0) is 9.59 Å². The van der Waals surface area contributed by atoms with Gasteiger partial charge in [-0.2, -0.15) is 0 Å². The number of aliphatic carboxylic acids is 1. The van der Waals surface area contributed by atoms with Crippen LogP contribution in [0.25, 0.3) is 0 Å². The van der Waals surface area contributed by atoms with Crippen LogP contribution < -0.4 is 0 Å². The first-order valence-electron chi connectivity index (χ1n) is 6.05. The molecule has 1 N–H and O–H groups in total. The Morgan fingerprint density at radius 2 is 2.33 bits per heavy atom. The molecule has 1 amide bonds. The number of alkyl halides is 1. The Labute approximate surface area is 114 Å². The van der Waals surface area contributed by atoms with E-state index in [-0.39, 0.29) is 11.8 Å². The molecule has 2 aliphatic rings. The largest absolute Gasteiger partial charge is 0.479 e. The Balaban J connectivity index is 2.18. The van der Waals surface area contributed by atoms with Crippen molar-refractivity contribution in [3.63, 3.8) is 0 Å². The first-order chi connectivity index (χ1) is 8.63. The maximum atomic E-state index is 11.9. The maximum Gasteiger partial charge on any atom is 0.330 e. The monoisotopic (exact) mass is 313 g/mol. The number of carboxylic acids is 1. The Morgan fingerprint density at radius 1 is 1.56 bits per heavy atom. The first kappa shape index (κ1) is 13.3. The van der Waals surface area contributed by atoms with Crippen LogP contribution >= 0.6 is 15.9 Å². The summed E-state index contributed by atoms with van der Waals surface area (Å²) >= 11 is 3.36. The van der Waals surface area contributed by atoms with Gasteiger partial charge < -0.3 is 10.0 Å². The first-order valence-corrected chi connectivity index (χ1v) is 7.17. The number of carboxylic acid groups (broad SMARTS) is 1. The third-order valence-corrected chi connectivity index (χ3v) is 4.31. The highest BCUT2D eigenvalue weighted by atomic mass is 79.9. The number of allylic oxidation sites excluding steroid dienone is 3. The Hall–Kier alpha value is -1.10. The molecular formula is C13H16BrNO3. The molecule has 1 unspecified atom stereocenters. The average Bonchev–Trinajstić information content (AvgIpc) is 2.72. The van der Waals surface area contributed by atoms with Gasteiger partial charge in [0.15, 0.2) is 6.04 Å². The Bertz CT molecular complexity index is 416. The molecule has 18 heavy (non-hydrogen) atoms. The minimum Gasteiger partial charge on any atom is -0.479 e. The van der Waals surface area contributed by atoms with Crippen LogP contribution in [0.3, 0.4) is 0 Å². The summed E-state index contributed by atoms with van der Waals surface area (Å²) in [5.41, 5.74) is 0.827. The topological polar surface area (TPSA) is 57.6 Å². The van der Waals surface area contributed by atoms with Crippen LogP contribution in [0.4, 0.5) is 0 Å².